The molecule has 0 aromatic rings. The SMILES string of the molecule is CC(=C\CF)/C(=N/O)C(=C\N1C=C(CN2CCN(C)CC2)OCC1C)/CO. The van der Waals surface area contributed by atoms with E-state index in [-0.39, 0.29) is 18.4 Å². The molecular formula is C19H31FN4O3. The molecule has 8 heteroatoms. The molecule has 1 unspecified atom stereocenters. The van der Waals surface area contributed by atoms with Crippen LogP contribution in [0.25, 0.3) is 0 Å². The molecule has 0 spiro atoms. The number of nitrogens with zero attached hydrogens (tertiary/aromatic N) is 4. The van der Waals surface area contributed by atoms with E-state index >= 15 is 0 Å². The third-order valence-electron chi connectivity index (χ3n) is 4.92. The molecule has 2 N–H and O–H groups in total. The molecule has 152 valence electrons. The van der Waals surface area contributed by atoms with Gasteiger partial charge in [0.25, 0.3) is 0 Å². The Morgan fingerprint density at radius 2 is 2.07 bits per heavy atom. The van der Waals surface area contributed by atoms with Gasteiger partial charge in [-0.2, -0.15) is 0 Å². The van der Waals surface area contributed by atoms with E-state index in [0.29, 0.717) is 17.8 Å². The normalized spacial score (nSPS) is 24.0. The van der Waals surface area contributed by atoms with E-state index in [1.807, 2.05) is 18.0 Å². The first-order valence-electron chi connectivity index (χ1n) is 9.27. The highest BCUT2D eigenvalue weighted by Crippen LogP contribution is 2.18. The van der Waals surface area contributed by atoms with Crippen molar-refractivity contribution >= 4 is 5.71 Å². The molecule has 27 heavy (non-hydrogen) atoms. The fourth-order valence-electron chi connectivity index (χ4n) is 3.09. The number of alkyl halides is 1. The second-order valence-corrected chi connectivity index (χ2v) is 7.08. The van der Waals surface area contributed by atoms with Crippen molar-refractivity contribution in [3.05, 3.63) is 35.4 Å². The zero-order chi connectivity index (χ0) is 19.8. The number of rotatable bonds is 7. The maximum absolute atomic E-state index is 12.6. The smallest absolute Gasteiger partial charge is 0.126 e. The van der Waals surface area contributed by atoms with Crippen LogP contribution in [-0.4, -0.2) is 96.4 Å². The van der Waals surface area contributed by atoms with E-state index in [4.69, 9.17) is 4.74 Å². The highest BCUT2D eigenvalue weighted by atomic mass is 19.1. The van der Waals surface area contributed by atoms with Crippen molar-refractivity contribution < 1.29 is 19.4 Å². The van der Waals surface area contributed by atoms with Gasteiger partial charge in [0.15, 0.2) is 0 Å². The van der Waals surface area contributed by atoms with Crippen LogP contribution in [0.1, 0.15) is 13.8 Å². The summed E-state index contributed by atoms with van der Waals surface area (Å²) in [6.45, 7) is 8.02. The predicted octanol–water partition coefficient (Wildman–Crippen LogP) is 1.42. The summed E-state index contributed by atoms with van der Waals surface area (Å²) in [7, 11) is 2.12. The first kappa shape index (κ1) is 21.4. The Kier molecular flexibility index (Phi) is 8.27. The molecule has 1 atom stereocenters. The van der Waals surface area contributed by atoms with E-state index in [0.717, 1.165) is 38.5 Å². The van der Waals surface area contributed by atoms with Gasteiger partial charge in [0.05, 0.1) is 19.2 Å². The van der Waals surface area contributed by atoms with Gasteiger partial charge in [-0.05, 0) is 32.5 Å². The Balaban J connectivity index is 2.15. The Hall–Kier alpha value is -1.90. The van der Waals surface area contributed by atoms with Crippen LogP contribution in [0.5, 0.6) is 0 Å². The van der Waals surface area contributed by atoms with Gasteiger partial charge in [-0.1, -0.05) is 5.16 Å². The molecule has 1 saturated heterocycles. The number of piperazine rings is 1. The van der Waals surface area contributed by atoms with Crippen LogP contribution in [0.2, 0.25) is 0 Å². The molecule has 0 amide bonds. The summed E-state index contributed by atoms with van der Waals surface area (Å²) in [5.74, 6) is 0.865. The number of oxime groups is 1. The zero-order valence-corrected chi connectivity index (χ0v) is 16.4. The van der Waals surface area contributed by atoms with E-state index in [2.05, 4.69) is 22.0 Å². The number of ether oxygens (including phenoxy) is 1. The fourth-order valence-corrected chi connectivity index (χ4v) is 3.09. The Bertz CT molecular complexity index is 610. The maximum atomic E-state index is 12.6. The second kappa shape index (κ2) is 10.4. The number of aliphatic hydroxyl groups is 1. The molecule has 0 saturated carbocycles. The molecule has 2 aliphatic rings. The van der Waals surface area contributed by atoms with E-state index in [9.17, 15) is 14.7 Å². The third kappa shape index (κ3) is 6.05. The minimum atomic E-state index is -0.660. The van der Waals surface area contributed by atoms with Crippen LogP contribution in [0.3, 0.4) is 0 Å². The van der Waals surface area contributed by atoms with Crippen LogP contribution in [0, 0.1) is 0 Å². The highest BCUT2D eigenvalue weighted by molar-refractivity contribution is 6.11. The molecule has 2 heterocycles. The predicted molar refractivity (Wildman–Crippen MR) is 103 cm³/mol. The van der Waals surface area contributed by atoms with E-state index in [1.165, 1.54) is 6.08 Å². The summed E-state index contributed by atoms with van der Waals surface area (Å²) in [6.07, 6.45) is 4.98. The first-order valence-corrected chi connectivity index (χ1v) is 9.27. The largest absolute Gasteiger partial charge is 0.493 e. The molecule has 7 nitrogen and oxygen atoms in total. The summed E-state index contributed by atoms with van der Waals surface area (Å²) in [4.78, 5) is 6.61. The van der Waals surface area contributed by atoms with Crippen molar-refractivity contribution in [2.75, 3.05) is 59.7 Å². The molecule has 0 aliphatic carbocycles. The maximum Gasteiger partial charge on any atom is 0.126 e. The number of likely N-dealkylation sites (N-methyl/N-ethyl adjacent to an activating group) is 1. The molecule has 2 aliphatic heterocycles. The lowest BCUT2D eigenvalue weighted by atomic mass is 10.0. The van der Waals surface area contributed by atoms with Crippen molar-refractivity contribution in [2.24, 2.45) is 5.16 Å². The highest BCUT2D eigenvalue weighted by Gasteiger charge is 2.22. The Morgan fingerprint density at radius 1 is 1.37 bits per heavy atom. The topological polar surface area (TPSA) is 71.8 Å². The minimum Gasteiger partial charge on any atom is -0.493 e. The average molecular weight is 382 g/mol. The van der Waals surface area contributed by atoms with Crippen LogP contribution in [0.4, 0.5) is 4.39 Å². The van der Waals surface area contributed by atoms with Gasteiger partial charge in [-0.3, -0.25) is 4.90 Å². The number of aliphatic hydroxyl groups excluding tert-OH is 1. The van der Waals surface area contributed by atoms with Gasteiger partial charge in [0.2, 0.25) is 0 Å². The first-order chi connectivity index (χ1) is 13.0. The molecule has 1 fully saturated rings. The monoisotopic (exact) mass is 382 g/mol. The van der Waals surface area contributed by atoms with Gasteiger partial charge in [0, 0.05) is 44.2 Å². The Labute approximate surface area is 160 Å². The number of hydrogen-bond acceptors (Lipinski definition) is 7. The summed E-state index contributed by atoms with van der Waals surface area (Å²) in [5.41, 5.74) is 1.08. The number of allylic oxidation sites excluding steroid dienone is 2. The minimum absolute atomic E-state index is 0.0631. The van der Waals surface area contributed by atoms with Crippen LogP contribution >= 0.6 is 0 Å². The van der Waals surface area contributed by atoms with Gasteiger partial charge in [-0.15, -0.1) is 0 Å². The van der Waals surface area contributed by atoms with Gasteiger partial charge in [-0.25, -0.2) is 4.39 Å². The van der Waals surface area contributed by atoms with Crippen LogP contribution < -0.4 is 0 Å². The molecule has 0 aromatic carbocycles. The average Bonchev–Trinajstić information content (AvgIpc) is 2.66. The standard InChI is InChI=1S/C19H31FN4O3/c1-15(4-5-20)19(21-26)17(13-25)10-24-12-18(27-14-16(24)2)11-23-8-6-22(3)7-9-23/h4,10,12,16,25-26H,5-9,11,13-14H2,1-3H3/b15-4+,17-10-,21-19-. The lowest BCUT2D eigenvalue weighted by Gasteiger charge is -2.36. The summed E-state index contributed by atoms with van der Waals surface area (Å²) in [5, 5.41) is 22.3. The van der Waals surface area contributed by atoms with Crippen molar-refractivity contribution in [3.63, 3.8) is 0 Å². The summed E-state index contributed by atoms with van der Waals surface area (Å²) in [6, 6.07) is 0.0631. The number of hydrogen-bond donors (Lipinski definition) is 2. The summed E-state index contributed by atoms with van der Waals surface area (Å²) < 4.78 is 18.5. The van der Waals surface area contributed by atoms with Crippen molar-refractivity contribution in [3.8, 4) is 0 Å². The van der Waals surface area contributed by atoms with Gasteiger partial charge >= 0.3 is 0 Å². The number of halogens is 1. The lowest BCUT2D eigenvalue weighted by Crippen LogP contribution is -2.46. The van der Waals surface area contributed by atoms with Crippen molar-refractivity contribution in [1.29, 1.82) is 0 Å². The summed E-state index contributed by atoms with van der Waals surface area (Å²) >= 11 is 0. The van der Waals surface area contributed by atoms with Gasteiger partial charge in [0.1, 0.15) is 24.8 Å². The second-order valence-electron chi connectivity index (χ2n) is 7.08. The molecule has 0 radical (unpaired) electrons. The molecule has 0 aromatic heterocycles. The van der Waals surface area contributed by atoms with E-state index in [1.54, 1.807) is 13.1 Å². The van der Waals surface area contributed by atoms with Gasteiger partial charge < -0.3 is 24.9 Å². The molecule has 2 rings (SSSR count). The zero-order valence-electron chi connectivity index (χ0n) is 16.4. The van der Waals surface area contributed by atoms with Crippen molar-refractivity contribution in [1.82, 2.24) is 14.7 Å². The van der Waals surface area contributed by atoms with Crippen molar-refractivity contribution in [2.45, 2.75) is 19.9 Å². The lowest BCUT2D eigenvalue weighted by molar-refractivity contribution is 0.0863. The van der Waals surface area contributed by atoms with Crippen LogP contribution in [0.15, 0.2) is 40.5 Å². The van der Waals surface area contributed by atoms with E-state index < -0.39 is 6.67 Å². The fraction of sp³-hybridized carbons (Fsp3) is 0.632. The molecule has 0 bridgehead atoms. The van der Waals surface area contributed by atoms with Crippen LogP contribution in [-0.2, 0) is 4.74 Å². The quantitative estimate of drug-likeness (QED) is 0.394. The molecular weight excluding hydrogens is 351 g/mol. The third-order valence-corrected chi connectivity index (χ3v) is 4.92. The Morgan fingerprint density at radius 3 is 2.67 bits per heavy atom.